The lowest BCUT2D eigenvalue weighted by molar-refractivity contribution is 0.725. The van der Waals surface area contributed by atoms with Crippen LogP contribution in [0.25, 0.3) is 16.6 Å². The van der Waals surface area contributed by atoms with Crippen LogP contribution >= 0.6 is 0 Å². The van der Waals surface area contributed by atoms with Gasteiger partial charge in [-0.2, -0.15) is 0 Å². The van der Waals surface area contributed by atoms with Gasteiger partial charge in [0.15, 0.2) is 11.5 Å². The highest BCUT2D eigenvalue weighted by molar-refractivity contribution is 5.90. The van der Waals surface area contributed by atoms with E-state index in [1.807, 2.05) is 31.2 Å². The molecule has 14 heavy (non-hydrogen) atoms. The summed E-state index contributed by atoms with van der Waals surface area (Å²) >= 11 is 0. The number of hydrogen-bond donors (Lipinski definition) is 0. The number of hydrogen-bond acceptors (Lipinski definition) is 4. The van der Waals surface area contributed by atoms with E-state index < -0.39 is 0 Å². The molecular formula is C9H7N5. The molecule has 0 amide bonds. The van der Waals surface area contributed by atoms with E-state index in [4.69, 9.17) is 0 Å². The van der Waals surface area contributed by atoms with Crippen molar-refractivity contribution in [2.75, 3.05) is 0 Å². The first-order valence-corrected chi connectivity index (χ1v) is 4.30. The third kappa shape index (κ3) is 0.891. The molecule has 3 aromatic rings. The Morgan fingerprint density at radius 3 is 3.00 bits per heavy atom. The molecule has 0 radical (unpaired) electrons. The molecule has 2 aromatic heterocycles. The maximum Gasteiger partial charge on any atom is 0.187 e. The molecule has 0 fully saturated rings. The molecule has 0 spiro atoms. The van der Waals surface area contributed by atoms with Crippen LogP contribution in [0.1, 0.15) is 5.82 Å². The van der Waals surface area contributed by atoms with Gasteiger partial charge in [-0.3, -0.25) is 0 Å². The largest absolute Gasteiger partial charge is 0.210 e. The van der Waals surface area contributed by atoms with Crippen molar-refractivity contribution in [3.63, 3.8) is 0 Å². The Hall–Kier alpha value is -2.04. The molecule has 0 bridgehead atoms. The first-order chi connectivity index (χ1) is 6.84. The van der Waals surface area contributed by atoms with Gasteiger partial charge >= 0.3 is 0 Å². The molecule has 0 saturated heterocycles. The lowest BCUT2D eigenvalue weighted by atomic mass is 10.2. The van der Waals surface area contributed by atoms with Crippen LogP contribution in [-0.2, 0) is 0 Å². The van der Waals surface area contributed by atoms with Crippen molar-refractivity contribution in [3.8, 4) is 0 Å². The van der Waals surface area contributed by atoms with Gasteiger partial charge in [0, 0.05) is 5.39 Å². The van der Waals surface area contributed by atoms with Crippen LogP contribution in [0.4, 0.5) is 0 Å². The monoisotopic (exact) mass is 185 g/mol. The fourth-order valence-electron chi connectivity index (χ4n) is 1.48. The van der Waals surface area contributed by atoms with Crippen molar-refractivity contribution in [2.45, 2.75) is 6.92 Å². The summed E-state index contributed by atoms with van der Waals surface area (Å²) in [6, 6.07) is 7.75. The Kier molecular flexibility index (Phi) is 1.30. The molecule has 0 atom stereocenters. The van der Waals surface area contributed by atoms with Crippen molar-refractivity contribution in [2.24, 2.45) is 0 Å². The van der Waals surface area contributed by atoms with Crippen molar-refractivity contribution in [3.05, 3.63) is 30.1 Å². The summed E-state index contributed by atoms with van der Waals surface area (Å²) in [6.07, 6.45) is 0. The second kappa shape index (κ2) is 2.47. The Bertz CT molecular complexity index is 613. The summed E-state index contributed by atoms with van der Waals surface area (Å²) in [7, 11) is 0. The highest BCUT2D eigenvalue weighted by Crippen LogP contribution is 2.13. The molecular weight excluding hydrogens is 178 g/mol. The quantitative estimate of drug-likeness (QED) is 0.524. The second-order valence-electron chi connectivity index (χ2n) is 3.08. The minimum atomic E-state index is 0.704. The molecule has 0 aliphatic heterocycles. The summed E-state index contributed by atoms with van der Waals surface area (Å²) < 4.78 is 1.46. The number of aromatic nitrogens is 5. The van der Waals surface area contributed by atoms with E-state index >= 15 is 0 Å². The minimum Gasteiger partial charge on any atom is -0.210 e. The van der Waals surface area contributed by atoms with Crippen LogP contribution in [0, 0.1) is 6.92 Å². The first-order valence-electron chi connectivity index (χ1n) is 4.30. The molecule has 2 heterocycles. The van der Waals surface area contributed by atoms with Gasteiger partial charge in [0.1, 0.15) is 0 Å². The van der Waals surface area contributed by atoms with Crippen molar-refractivity contribution < 1.29 is 0 Å². The Labute approximate surface area is 79.4 Å². The molecule has 0 saturated carbocycles. The van der Waals surface area contributed by atoms with Gasteiger partial charge in [0.2, 0.25) is 0 Å². The maximum absolute atomic E-state index is 4.29. The summed E-state index contributed by atoms with van der Waals surface area (Å²) in [5, 5.41) is 13.0. The smallest absolute Gasteiger partial charge is 0.187 e. The third-order valence-electron chi connectivity index (χ3n) is 2.08. The van der Waals surface area contributed by atoms with E-state index in [-0.39, 0.29) is 0 Å². The lowest BCUT2D eigenvalue weighted by Crippen LogP contribution is -1.97. The van der Waals surface area contributed by atoms with Gasteiger partial charge in [-0.1, -0.05) is 12.1 Å². The standard InChI is InChI=1S/C9H7N5/c1-6-10-9-7-4-2-3-5-8(7)11-13-14(9)12-6/h2-5H,1H3. The Morgan fingerprint density at radius 1 is 1.21 bits per heavy atom. The maximum atomic E-state index is 4.29. The third-order valence-corrected chi connectivity index (χ3v) is 2.08. The molecule has 68 valence electrons. The zero-order valence-electron chi connectivity index (χ0n) is 7.55. The predicted octanol–water partition coefficient (Wildman–Crippen LogP) is 0.981. The molecule has 0 aliphatic rings. The second-order valence-corrected chi connectivity index (χ2v) is 3.08. The fourth-order valence-corrected chi connectivity index (χ4v) is 1.48. The van der Waals surface area contributed by atoms with E-state index in [1.54, 1.807) is 0 Å². The summed E-state index contributed by atoms with van der Waals surface area (Å²) in [5.74, 6) is 0.704. The average Bonchev–Trinajstić information content (AvgIpc) is 2.59. The zero-order valence-corrected chi connectivity index (χ0v) is 7.55. The van der Waals surface area contributed by atoms with Crippen molar-refractivity contribution >= 4 is 16.6 Å². The fraction of sp³-hybridized carbons (Fsp3) is 0.111. The van der Waals surface area contributed by atoms with Gasteiger partial charge < -0.3 is 0 Å². The summed E-state index contributed by atoms with van der Waals surface area (Å²) in [4.78, 5) is 4.29. The van der Waals surface area contributed by atoms with E-state index in [2.05, 4.69) is 20.4 Å². The predicted molar refractivity (Wildman–Crippen MR) is 50.8 cm³/mol. The van der Waals surface area contributed by atoms with E-state index in [0.29, 0.717) is 5.82 Å². The molecule has 5 heteroatoms. The van der Waals surface area contributed by atoms with Gasteiger partial charge in [0.25, 0.3) is 0 Å². The minimum absolute atomic E-state index is 0.704. The van der Waals surface area contributed by atoms with Gasteiger partial charge in [-0.25, -0.2) is 4.98 Å². The van der Waals surface area contributed by atoms with Crippen LogP contribution in [0.2, 0.25) is 0 Å². The first kappa shape index (κ1) is 7.37. The molecule has 0 unspecified atom stereocenters. The zero-order chi connectivity index (χ0) is 9.54. The summed E-state index contributed by atoms with van der Waals surface area (Å²) in [5.41, 5.74) is 1.60. The van der Waals surface area contributed by atoms with Crippen LogP contribution in [0.5, 0.6) is 0 Å². The molecule has 0 N–H and O–H groups in total. The van der Waals surface area contributed by atoms with Crippen LogP contribution in [0.15, 0.2) is 24.3 Å². The van der Waals surface area contributed by atoms with Crippen LogP contribution in [-0.4, -0.2) is 25.0 Å². The van der Waals surface area contributed by atoms with E-state index in [9.17, 15) is 0 Å². The molecule has 0 aliphatic carbocycles. The number of nitrogens with zero attached hydrogens (tertiary/aromatic N) is 5. The number of aryl methyl sites for hydroxylation is 1. The van der Waals surface area contributed by atoms with E-state index in [1.165, 1.54) is 4.63 Å². The average molecular weight is 185 g/mol. The number of rotatable bonds is 0. The van der Waals surface area contributed by atoms with Crippen LogP contribution in [0.3, 0.4) is 0 Å². The number of benzene rings is 1. The van der Waals surface area contributed by atoms with Gasteiger partial charge in [0.05, 0.1) is 5.52 Å². The summed E-state index contributed by atoms with van der Waals surface area (Å²) in [6.45, 7) is 1.84. The van der Waals surface area contributed by atoms with Gasteiger partial charge in [-0.15, -0.1) is 14.8 Å². The SMILES string of the molecule is Cc1nc2c3ccccc3nnn2n1. The van der Waals surface area contributed by atoms with Gasteiger partial charge in [-0.05, 0) is 24.3 Å². The Morgan fingerprint density at radius 2 is 2.07 bits per heavy atom. The van der Waals surface area contributed by atoms with Crippen molar-refractivity contribution in [1.29, 1.82) is 0 Å². The Balaban J connectivity index is 2.60. The van der Waals surface area contributed by atoms with Crippen molar-refractivity contribution in [1.82, 2.24) is 25.0 Å². The van der Waals surface area contributed by atoms with Crippen LogP contribution < -0.4 is 0 Å². The normalized spacial score (nSPS) is 11.2. The molecule has 1 aromatic carbocycles. The highest BCUT2D eigenvalue weighted by atomic mass is 15.5. The number of fused-ring (bicyclic) bond motifs is 3. The highest BCUT2D eigenvalue weighted by Gasteiger charge is 2.05. The molecule has 3 rings (SSSR count). The van der Waals surface area contributed by atoms with E-state index in [0.717, 1.165) is 16.6 Å². The lowest BCUT2D eigenvalue weighted by Gasteiger charge is -1.94. The molecule has 5 nitrogen and oxygen atoms in total. The topological polar surface area (TPSA) is 56.0 Å².